The van der Waals surface area contributed by atoms with Crippen LogP contribution in [0.25, 0.3) is 0 Å². The fraction of sp³-hybridized carbons (Fsp3) is 0.778. The molecule has 1 unspecified atom stereocenters. The highest BCUT2D eigenvalue weighted by atomic mass is 16.2. The molecule has 0 N–H and O–H groups in total. The topological polar surface area (TPSA) is 68.1 Å². The Hall–Kier alpha value is -1.72. The van der Waals surface area contributed by atoms with Crippen molar-refractivity contribution >= 4 is 11.7 Å². The third-order valence-corrected chi connectivity index (χ3v) is 5.10. The highest BCUT2D eigenvalue weighted by Gasteiger charge is 2.43. The van der Waals surface area contributed by atoms with Crippen LogP contribution in [0.4, 0.5) is 0 Å². The first-order chi connectivity index (χ1) is 11.2. The van der Waals surface area contributed by atoms with E-state index >= 15 is 0 Å². The highest BCUT2D eigenvalue weighted by Crippen LogP contribution is 2.40. The van der Waals surface area contributed by atoms with Crippen LogP contribution in [0.2, 0.25) is 0 Å². The molecule has 1 aliphatic carbocycles. The molecule has 24 heavy (non-hydrogen) atoms. The van der Waals surface area contributed by atoms with Gasteiger partial charge in [-0.15, -0.1) is 5.10 Å². The highest BCUT2D eigenvalue weighted by molar-refractivity contribution is 5.90. The number of amides is 1. The van der Waals surface area contributed by atoms with Gasteiger partial charge in [0.25, 0.3) is 0 Å². The minimum Gasteiger partial charge on any atom is -0.331 e. The average Bonchev–Trinajstić information content (AvgIpc) is 3.07. The van der Waals surface area contributed by atoms with Crippen LogP contribution in [-0.2, 0) is 9.59 Å². The number of likely N-dealkylation sites (tertiary alicyclic amines) is 1. The molecule has 3 rings (SSSR count). The molecule has 3 atom stereocenters. The van der Waals surface area contributed by atoms with Crippen LogP contribution in [0.15, 0.2) is 6.20 Å². The predicted octanol–water partition coefficient (Wildman–Crippen LogP) is 2.57. The first kappa shape index (κ1) is 17.1. The lowest BCUT2D eigenvalue weighted by atomic mass is 9.85. The smallest absolute Gasteiger partial charge is 0.248 e. The lowest BCUT2D eigenvalue weighted by Crippen LogP contribution is -2.47. The zero-order chi connectivity index (χ0) is 17.6. The normalized spacial score (nSPS) is 25.8. The van der Waals surface area contributed by atoms with Gasteiger partial charge in [0.15, 0.2) is 5.78 Å². The van der Waals surface area contributed by atoms with Crippen molar-refractivity contribution in [2.45, 2.75) is 71.9 Å². The van der Waals surface area contributed by atoms with Gasteiger partial charge in [0.2, 0.25) is 5.91 Å². The van der Waals surface area contributed by atoms with Crippen molar-refractivity contribution in [2.24, 2.45) is 11.3 Å². The third kappa shape index (κ3) is 3.23. The second-order valence-electron chi connectivity index (χ2n) is 8.62. The Morgan fingerprint density at radius 1 is 1.29 bits per heavy atom. The van der Waals surface area contributed by atoms with E-state index in [9.17, 15) is 9.59 Å². The quantitative estimate of drug-likeness (QED) is 0.850. The van der Waals surface area contributed by atoms with Crippen molar-refractivity contribution < 1.29 is 9.59 Å². The molecule has 0 bridgehead atoms. The van der Waals surface area contributed by atoms with Gasteiger partial charge in [-0.25, -0.2) is 4.68 Å². The van der Waals surface area contributed by atoms with Gasteiger partial charge in [-0.3, -0.25) is 9.59 Å². The van der Waals surface area contributed by atoms with Crippen LogP contribution >= 0.6 is 0 Å². The molecule has 1 amide bonds. The van der Waals surface area contributed by atoms with Crippen molar-refractivity contribution in [2.75, 3.05) is 6.54 Å². The number of ketones is 1. The Morgan fingerprint density at radius 3 is 2.50 bits per heavy atom. The second-order valence-corrected chi connectivity index (χ2v) is 8.62. The first-order valence-electron chi connectivity index (χ1n) is 8.91. The minimum atomic E-state index is -0.440. The van der Waals surface area contributed by atoms with E-state index in [0.717, 1.165) is 25.0 Å². The summed E-state index contributed by atoms with van der Waals surface area (Å²) in [6.07, 6.45) is 4.99. The number of Topliss-reactive ketones (excluding diaryl/α,β-unsaturated/α-hetero) is 1. The molecule has 2 aliphatic rings. The average molecular weight is 332 g/mol. The number of hydrogen-bond donors (Lipinski definition) is 0. The molecule has 132 valence electrons. The summed E-state index contributed by atoms with van der Waals surface area (Å²) >= 11 is 0. The van der Waals surface area contributed by atoms with E-state index in [2.05, 4.69) is 17.2 Å². The number of carbonyl (C=O) groups is 2. The number of aromatic nitrogens is 3. The predicted molar refractivity (Wildman–Crippen MR) is 90.5 cm³/mol. The van der Waals surface area contributed by atoms with Crippen LogP contribution < -0.4 is 0 Å². The number of carbonyl (C=O) groups excluding carboxylic acids is 2. The Balaban J connectivity index is 1.90. The maximum atomic E-state index is 13.3. The van der Waals surface area contributed by atoms with Gasteiger partial charge in [0.05, 0.1) is 11.7 Å². The molecule has 2 fully saturated rings. The molecule has 1 saturated heterocycles. The maximum Gasteiger partial charge on any atom is 0.248 e. The standard InChI is InChI=1S/C18H28N4O2/c1-11-8-15(12(2)23)21(9-11)17(24)16(18(3,4)5)22-10-14(19-20-22)13-6-7-13/h10-11,13,15-16H,6-9H2,1-5H3/t11?,15-,16+/m0/s1. The summed E-state index contributed by atoms with van der Waals surface area (Å²) in [6.45, 7) is 10.4. The van der Waals surface area contributed by atoms with E-state index in [-0.39, 0.29) is 23.1 Å². The molecule has 0 radical (unpaired) electrons. The molecule has 0 spiro atoms. The SMILES string of the molecule is CC(=O)[C@@H]1CC(C)CN1C(=O)[C@@H](n1cc(C2CC2)nn1)C(C)(C)C. The first-order valence-corrected chi connectivity index (χ1v) is 8.91. The van der Waals surface area contributed by atoms with Crippen LogP contribution in [0.3, 0.4) is 0 Å². The Labute approximate surface area is 143 Å². The van der Waals surface area contributed by atoms with E-state index < -0.39 is 6.04 Å². The van der Waals surface area contributed by atoms with Crippen molar-refractivity contribution in [3.8, 4) is 0 Å². The number of nitrogens with zero attached hydrogens (tertiary/aromatic N) is 4. The molecule has 0 aromatic carbocycles. The summed E-state index contributed by atoms with van der Waals surface area (Å²) in [6, 6.07) is -0.742. The molecular weight excluding hydrogens is 304 g/mol. The zero-order valence-electron chi connectivity index (χ0n) is 15.3. The zero-order valence-corrected chi connectivity index (χ0v) is 15.3. The van der Waals surface area contributed by atoms with Gasteiger partial charge in [-0.05, 0) is 37.5 Å². The van der Waals surface area contributed by atoms with Crippen molar-refractivity contribution in [3.05, 3.63) is 11.9 Å². The van der Waals surface area contributed by atoms with Gasteiger partial charge in [-0.1, -0.05) is 32.9 Å². The Morgan fingerprint density at radius 2 is 1.96 bits per heavy atom. The largest absolute Gasteiger partial charge is 0.331 e. The molecule has 1 aliphatic heterocycles. The monoisotopic (exact) mass is 332 g/mol. The fourth-order valence-corrected chi connectivity index (χ4v) is 3.70. The lowest BCUT2D eigenvalue weighted by molar-refractivity contribution is -0.143. The van der Waals surface area contributed by atoms with Crippen molar-refractivity contribution in [3.63, 3.8) is 0 Å². The molecular formula is C18H28N4O2. The van der Waals surface area contributed by atoms with Crippen molar-refractivity contribution in [1.82, 2.24) is 19.9 Å². The second kappa shape index (κ2) is 5.97. The van der Waals surface area contributed by atoms with Crippen LogP contribution in [0.5, 0.6) is 0 Å². The minimum absolute atomic E-state index is 0.0145. The van der Waals surface area contributed by atoms with Crippen LogP contribution in [0.1, 0.15) is 71.5 Å². The molecule has 1 aromatic heterocycles. The van der Waals surface area contributed by atoms with Crippen LogP contribution in [0, 0.1) is 11.3 Å². The summed E-state index contributed by atoms with van der Waals surface area (Å²) < 4.78 is 1.72. The van der Waals surface area contributed by atoms with E-state index in [4.69, 9.17) is 0 Å². The number of hydrogen-bond acceptors (Lipinski definition) is 4. The molecule has 1 saturated carbocycles. The summed E-state index contributed by atoms with van der Waals surface area (Å²) in [4.78, 5) is 27.1. The Kier molecular flexibility index (Phi) is 4.26. The maximum absolute atomic E-state index is 13.3. The third-order valence-electron chi connectivity index (χ3n) is 5.10. The summed E-state index contributed by atoms with van der Waals surface area (Å²) in [5.74, 6) is 0.907. The number of rotatable bonds is 4. The molecule has 6 heteroatoms. The van der Waals surface area contributed by atoms with Crippen LogP contribution in [-0.4, -0.2) is 44.2 Å². The summed E-state index contributed by atoms with van der Waals surface area (Å²) in [5, 5.41) is 8.53. The van der Waals surface area contributed by atoms with Crippen molar-refractivity contribution in [1.29, 1.82) is 0 Å². The summed E-state index contributed by atoms with van der Waals surface area (Å²) in [5.41, 5.74) is 0.675. The van der Waals surface area contributed by atoms with Gasteiger partial charge >= 0.3 is 0 Å². The molecule has 1 aromatic rings. The fourth-order valence-electron chi connectivity index (χ4n) is 3.70. The van der Waals surface area contributed by atoms with Gasteiger partial charge in [0.1, 0.15) is 6.04 Å². The van der Waals surface area contributed by atoms with E-state index in [1.54, 1.807) is 16.5 Å². The Bertz CT molecular complexity index is 642. The van der Waals surface area contributed by atoms with E-state index in [1.807, 2.05) is 27.0 Å². The molecule has 6 nitrogen and oxygen atoms in total. The van der Waals surface area contributed by atoms with E-state index in [1.165, 1.54) is 0 Å². The van der Waals surface area contributed by atoms with Gasteiger partial charge in [0, 0.05) is 18.7 Å². The van der Waals surface area contributed by atoms with Gasteiger partial charge in [-0.2, -0.15) is 0 Å². The summed E-state index contributed by atoms with van der Waals surface area (Å²) in [7, 11) is 0. The van der Waals surface area contributed by atoms with E-state index in [0.29, 0.717) is 18.4 Å². The van der Waals surface area contributed by atoms with Gasteiger partial charge < -0.3 is 4.90 Å². The molecule has 2 heterocycles. The lowest BCUT2D eigenvalue weighted by Gasteiger charge is -2.34.